The van der Waals surface area contributed by atoms with Crippen molar-refractivity contribution in [2.24, 2.45) is 0 Å². The number of anilines is 1. The summed E-state index contributed by atoms with van der Waals surface area (Å²) in [4.78, 5) is 12.4. The summed E-state index contributed by atoms with van der Waals surface area (Å²) < 4.78 is 26.4. The average Bonchev–Trinajstić information content (AvgIpc) is 2.63. The Labute approximate surface area is 130 Å². The first kappa shape index (κ1) is 14.1. The lowest BCUT2D eigenvalue weighted by Gasteiger charge is -2.16. The van der Waals surface area contributed by atoms with Gasteiger partial charge in [-0.05, 0) is 29.8 Å². The molecule has 1 heterocycles. The molecule has 2 aromatic rings. The number of carbonyl (C=O) groups is 1. The Bertz CT molecular complexity index is 849. The van der Waals surface area contributed by atoms with Crippen LogP contribution in [0.4, 0.5) is 5.69 Å². The first-order chi connectivity index (χ1) is 9.91. The number of hydrogen-bond acceptors (Lipinski definition) is 4. The van der Waals surface area contributed by atoms with Crippen molar-refractivity contribution in [2.45, 2.75) is 11.4 Å². The molecule has 0 radical (unpaired) electrons. The minimum atomic E-state index is -3.79. The monoisotopic (exact) mass is 366 g/mol. The van der Waals surface area contributed by atoms with Crippen LogP contribution in [0.1, 0.15) is 15.9 Å². The third-order valence-corrected chi connectivity index (χ3v) is 5.83. The normalized spacial score (nSPS) is 16.0. The van der Waals surface area contributed by atoms with E-state index in [1.165, 1.54) is 12.1 Å². The van der Waals surface area contributed by atoms with Crippen molar-refractivity contribution in [3.05, 3.63) is 58.1 Å². The molecule has 0 aliphatic carbocycles. The molecule has 1 aliphatic rings. The summed E-state index contributed by atoms with van der Waals surface area (Å²) in [6, 6.07) is 11.3. The van der Waals surface area contributed by atoms with Gasteiger partial charge in [-0.2, -0.15) is 0 Å². The standard InChI is InChI=1S/C14H11BrN2O3S/c15-12-7-10(16)6-5-9(12)8-17-14(18)11-3-1-2-4-13(11)21(17,19)20/h1-7H,8,16H2. The fourth-order valence-electron chi connectivity index (χ4n) is 2.23. The lowest BCUT2D eigenvalue weighted by molar-refractivity contribution is 0.0865. The molecule has 0 fully saturated rings. The predicted octanol–water partition coefficient (Wildman–Crippen LogP) is 2.38. The van der Waals surface area contributed by atoms with Crippen molar-refractivity contribution < 1.29 is 13.2 Å². The fraction of sp³-hybridized carbons (Fsp3) is 0.0714. The summed E-state index contributed by atoms with van der Waals surface area (Å²) in [5.41, 5.74) is 7.10. The third-order valence-electron chi connectivity index (χ3n) is 3.30. The molecule has 108 valence electrons. The molecule has 21 heavy (non-hydrogen) atoms. The highest BCUT2D eigenvalue weighted by Gasteiger charge is 2.40. The zero-order chi connectivity index (χ0) is 15.2. The van der Waals surface area contributed by atoms with E-state index in [4.69, 9.17) is 5.73 Å². The smallest absolute Gasteiger partial charge is 0.269 e. The van der Waals surface area contributed by atoms with Crippen molar-refractivity contribution in [3.8, 4) is 0 Å². The summed E-state index contributed by atoms with van der Waals surface area (Å²) in [6.07, 6.45) is 0. The Morgan fingerprint density at radius 3 is 2.52 bits per heavy atom. The lowest BCUT2D eigenvalue weighted by Crippen LogP contribution is -2.29. The van der Waals surface area contributed by atoms with Crippen molar-refractivity contribution in [3.63, 3.8) is 0 Å². The van der Waals surface area contributed by atoms with Gasteiger partial charge in [0, 0.05) is 10.2 Å². The second-order valence-electron chi connectivity index (χ2n) is 4.66. The number of nitrogens with two attached hydrogens (primary N) is 1. The van der Waals surface area contributed by atoms with E-state index in [1.807, 2.05) is 0 Å². The number of nitrogen functional groups attached to an aromatic ring is 1. The van der Waals surface area contributed by atoms with Gasteiger partial charge in [0.15, 0.2) is 0 Å². The lowest BCUT2D eigenvalue weighted by atomic mass is 10.2. The third kappa shape index (κ3) is 2.22. The molecular formula is C14H11BrN2O3S. The average molecular weight is 367 g/mol. The van der Waals surface area contributed by atoms with E-state index in [9.17, 15) is 13.2 Å². The maximum atomic E-state index is 12.4. The van der Waals surface area contributed by atoms with Gasteiger partial charge in [0.25, 0.3) is 15.9 Å². The molecule has 0 aromatic heterocycles. The number of rotatable bonds is 2. The van der Waals surface area contributed by atoms with E-state index in [0.29, 0.717) is 15.7 Å². The Morgan fingerprint density at radius 1 is 1.14 bits per heavy atom. The first-order valence-electron chi connectivity index (χ1n) is 6.11. The molecule has 0 atom stereocenters. The van der Waals surface area contributed by atoms with Crippen LogP contribution in [0.3, 0.4) is 0 Å². The van der Waals surface area contributed by atoms with Crippen molar-refractivity contribution in [1.82, 2.24) is 4.31 Å². The Kier molecular flexibility index (Phi) is 3.26. The van der Waals surface area contributed by atoms with E-state index in [2.05, 4.69) is 15.9 Å². The zero-order valence-corrected chi connectivity index (χ0v) is 13.2. The highest BCUT2D eigenvalue weighted by molar-refractivity contribution is 9.10. The van der Waals surface area contributed by atoms with Gasteiger partial charge in [-0.3, -0.25) is 4.79 Å². The predicted molar refractivity (Wildman–Crippen MR) is 82.1 cm³/mol. The molecule has 2 N–H and O–H groups in total. The number of nitrogens with zero attached hydrogens (tertiary/aromatic N) is 1. The molecule has 0 bridgehead atoms. The van der Waals surface area contributed by atoms with E-state index >= 15 is 0 Å². The van der Waals surface area contributed by atoms with Gasteiger partial charge < -0.3 is 5.73 Å². The SMILES string of the molecule is Nc1ccc(CN2C(=O)c3ccccc3S2(=O)=O)c(Br)c1. The number of carbonyl (C=O) groups excluding carboxylic acids is 1. The highest BCUT2D eigenvalue weighted by atomic mass is 79.9. The quantitative estimate of drug-likeness (QED) is 0.827. The van der Waals surface area contributed by atoms with Gasteiger partial charge in [-0.1, -0.05) is 34.1 Å². The van der Waals surface area contributed by atoms with Gasteiger partial charge in [0.05, 0.1) is 12.1 Å². The molecule has 3 rings (SSSR count). The fourth-order valence-corrected chi connectivity index (χ4v) is 4.30. The van der Waals surface area contributed by atoms with Gasteiger partial charge in [0.2, 0.25) is 0 Å². The molecule has 1 amide bonds. The Hall–Kier alpha value is -1.86. The van der Waals surface area contributed by atoms with Gasteiger partial charge in [0.1, 0.15) is 4.90 Å². The van der Waals surface area contributed by atoms with Crippen molar-refractivity contribution in [2.75, 3.05) is 5.73 Å². The van der Waals surface area contributed by atoms with Crippen LogP contribution in [0.25, 0.3) is 0 Å². The minimum Gasteiger partial charge on any atom is -0.399 e. The minimum absolute atomic E-state index is 0.0310. The molecule has 1 aliphatic heterocycles. The summed E-state index contributed by atoms with van der Waals surface area (Å²) >= 11 is 3.33. The summed E-state index contributed by atoms with van der Waals surface area (Å²) in [7, 11) is -3.79. The maximum absolute atomic E-state index is 12.4. The molecule has 0 spiro atoms. The van der Waals surface area contributed by atoms with Gasteiger partial charge in [-0.25, -0.2) is 12.7 Å². The molecule has 2 aromatic carbocycles. The topological polar surface area (TPSA) is 80.5 Å². The van der Waals surface area contributed by atoms with Crippen LogP contribution in [0, 0.1) is 0 Å². The van der Waals surface area contributed by atoms with Crippen LogP contribution in [0.15, 0.2) is 51.8 Å². The molecule has 7 heteroatoms. The Balaban J connectivity index is 2.03. The van der Waals surface area contributed by atoms with Crippen LogP contribution in [-0.2, 0) is 16.6 Å². The number of fused-ring (bicyclic) bond motifs is 1. The Morgan fingerprint density at radius 2 is 1.86 bits per heavy atom. The molecular weight excluding hydrogens is 356 g/mol. The molecule has 0 saturated carbocycles. The largest absolute Gasteiger partial charge is 0.399 e. The molecule has 5 nitrogen and oxygen atoms in total. The van der Waals surface area contributed by atoms with E-state index in [0.717, 1.165) is 4.31 Å². The number of amides is 1. The molecule has 0 unspecified atom stereocenters. The van der Waals surface area contributed by atoms with Crippen LogP contribution in [-0.4, -0.2) is 18.6 Å². The van der Waals surface area contributed by atoms with Crippen LogP contribution in [0.5, 0.6) is 0 Å². The second-order valence-corrected chi connectivity index (χ2v) is 7.35. The summed E-state index contributed by atoms with van der Waals surface area (Å²) in [5, 5.41) is 0. The van der Waals surface area contributed by atoms with Crippen LogP contribution >= 0.6 is 15.9 Å². The van der Waals surface area contributed by atoms with Gasteiger partial charge >= 0.3 is 0 Å². The number of hydrogen-bond donors (Lipinski definition) is 1. The van der Waals surface area contributed by atoms with E-state index < -0.39 is 15.9 Å². The highest BCUT2D eigenvalue weighted by Crippen LogP contribution is 2.32. The number of benzene rings is 2. The molecule has 0 saturated heterocycles. The second kappa shape index (κ2) is 4.85. The van der Waals surface area contributed by atoms with E-state index in [-0.39, 0.29) is 17.0 Å². The van der Waals surface area contributed by atoms with Crippen LogP contribution in [0.2, 0.25) is 0 Å². The van der Waals surface area contributed by atoms with Crippen LogP contribution < -0.4 is 5.73 Å². The van der Waals surface area contributed by atoms with Crippen molar-refractivity contribution >= 4 is 37.5 Å². The number of sulfonamides is 1. The summed E-state index contributed by atoms with van der Waals surface area (Å²) in [6.45, 7) is -0.0310. The zero-order valence-electron chi connectivity index (χ0n) is 10.8. The van der Waals surface area contributed by atoms with E-state index in [1.54, 1.807) is 30.3 Å². The first-order valence-corrected chi connectivity index (χ1v) is 8.34. The summed E-state index contributed by atoms with van der Waals surface area (Å²) in [5.74, 6) is -0.505. The van der Waals surface area contributed by atoms with Gasteiger partial charge in [-0.15, -0.1) is 0 Å². The van der Waals surface area contributed by atoms with Crippen molar-refractivity contribution in [1.29, 1.82) is 0 Å². The number of halogens is 1. The maximum Gasteiger partial charge on any atom is 0.269 e.